The molecule has 0 radical (unpaired) electrons. The fourth-order valence-corrected chi connectivity index (χ4v) is 3.01. The molecule has 0 spiro atoms. The molecule has 1 aliphatic carbocycles. The normalized spacial score (nSPS) is 19.7. The fraction of sp³-hybridized carbons (Fsp3) is 0.562. The number of ether oxygens (including phenoxy) is 1. The molecule has 1 N–H and O–H groups in total. The van der Waals surface area contributed by atoms with Crippen LogP contribution in [0.5, 0.6) is 5.75 Å². The lowest BCUT2D eigenvalue weighted by Crippen LogP contribution is -2.19. The summed E-state index contributed by atoms with van der Waals surface area (Å²) in [7, 11) is 0. The van der Waals surface area contributed by atoms with E-state index in [2.05, 4.69) is 11.4 Å². The molecule has 0 bridgehead atoms. The number of anilines is 1. The average molecular weight is 259 g/mol. The minimum Gasteiger partial charge on any atom is -0.493 e. The number of hydrogen-bond donors (Lipinski definition) is 1. The van der Waals surface area contributed by atoms with E-state index < -0.39 is 0 Å². The van der Waals surface area contributed by atoms with Crippen LogP contribution in [0.1, 0.15) is 44.1 Å². The van der Waals surface area contributed by atoms with Gasteiger partial charge in [-0.15, -0.1) is 0 Å². The Labute approximate surface area is 114 Å². The van der Waals surface area contributed by atoms with Gasteiger partial charge in [0.25, 0.3) is 0 Å². The van der Waals surface area contributed by atoms with E-state index in [1.807, 2.05) is 12.1 Å². The summed E-state index contributed by atoms with van der Waals surface area (Å²) < 4.78 is 5.90. The largest absolute Gasteiger partial charge is 0.493 e. The molecule has 1 saturated carbocycles. The van der Waals surface area contributed by atoms with Gasteiger partial charge in [0.2, 0.25) is 5.91 Å². The number of hydrogen-bond acceptors (Lipinski definition) is 2. The van der Waals surface area contributed by atoms with Crippen molar-refractivity contribution in [2.24, 2.45) is 5.92 Å². The number of carbonyl (C=O) groups excluding carboxylic acids is 1. The average Bonchev–Trinajstić information content (AvgIpc) is 2.46. The van der Waals surface area contributed by atoms with Crippen LogP contribution in [-0.4, -0.2) is 12.5 Å². The molecule has 3 nitrogen and oxygen atoms in total. The van der Waals surface area contributed by atoms with E-state index in [1.54, 1.807) is 0 Å². The molecule has 1 aromatic carbocycles. The van der Waals surface area contributed by atoms with Crippen molar-refractivity contribution >= 4 is 11.6 Å². The summed E-state index contributed by atoms with van der Waals surface area (Å²) in [6.07, 6.45) is 8.08. The molecular weight excluding hydrogens is 238 g/mol. The number of aryl methyl sites for hydroxylation is 1. The van der Waals surface area contributed by atoms with Gasteiger partial charge in [-0.2, -0.15) is 0 Å². The molecule has 1 amide bonds. The van der Waals surface area contributed by atoms with Crippen molar-refractivity contribution in [3.05, 3.63) is 23.8 Å². The first-order valence-electron chi connectivity index (χ1n) is 7.37. The molecule has 1 aliphatic heterocycles. The molecule has 1 heterocycles. The standard InChI is InChI=1S/C16H21NO2/c18-16-9-7-13-6-8-14(10-15(13)17-16)19-11-12-4-2-1-3-5-12/h6,8,10,12H,1-5,7,9,11H2,(H,17,18). The van der Waals surface area contributed by atoms with Gasteiger partial charge in [-0.1, -0.05) is 25.3 Å². The number of nitrogens with one attached hydrogen (secondary N) is 1. The van der Waals surface area contributed by atoms with E-state index in [0.29, 0.717) is 12.3 Å². The smallest absolute Gasteiger partial charge is 0.224 e. The number of amides is 1. The van der Waals surface area contributed by atoms with E-state index in [9.17, 15) is 4.79 Å². The molecule has 0 aromatic heterocycles. The molecule has 3 rings (SSSR count). The maximum absolute atomic E-state index is 11.4. The SMILES string of the molecule is O=C1CCc2ccc(OCC3CCCCC3)cc2N1. The number of rotatable bonds is 3. The van der Waals surface area contributed by atoms with Crippen molar-refractivity contribution < 1.29 is 9.53 Å². The predicted molar refractivity (Wildman–Crippen MR) is 75.5 cm³/mol. The van der Waals surface area contributed by atoms with Crippen molar-refractivity contribution in [1.29, 1.82) is 0 Å². The molecule has 3 heteroatoms. The number of fused-ring (bicyclic) bond motifs is 1. The van der Waals surface area contributed by atoms with E-state index in [4.69, 9.17) is 4.74 Å². The molecule has 2 aliphatic rings. The zero-order valence-corrected chi connectivity index (χ0v) is 11.3. The number of benzene rings is 1. The predicted octanol–water partition coefficient (Wildman–Crippen LogP) is 3.53. The van der Waals surface area contributed by atoms with Crippen molar-refractivity contribution in [2.45, 2.75) is 44.9 Å². The van der Waals surface area contributed by atoms with Crippen LogP contribution in [0.3, 0.4) is 0 Å². The summed E-state index contributed by atoms with van der Waals surface area (Å²) in [5.74, 6) is 1.70. The molecular formula is C16H21NO2. The topological polar surface area (TPSA) is 38.3 Å². The Kier molecular flexibility index (Phi) is 3.72. The third-order valence-electron chi connectivity index (χ3n) is 4.19. The Morgan fingerprint density at radius 1 is 1.16 bits per heavy atom. The first-order valence-corrected chi connectivity index (χ1v) is 7.37. The highest BCUT2D eigenvalue weighted by molar-refractivity contribution is 5.94. The second-order valence-corrected chi connectivity index (χ2v) is 5.68. The lowest BCUT2D eigenvalue weighted by molar-refractivity contribution is -0.116. The Morgan fingerprint density at radius 3 is 2.84 bits per heavy atom. The first kappa shape index (κ1) is 12.5. The summed E-state index contributed by atoms with van der Waals surface area (Å²) in [4.78, 5) is 11.4. The molecule has 0 atom stereocenters. The quantitative estimate of drug-likeness (QED) is 0.901. The van der Waals surface area contributed by atoms with Gasteiger partial charge >= 0.3 is 0 Å². The van der Waals surface area contributed by atoms with Gasteiger partial charge in [0.15, 0.2) is 0 Å². The fourth-order valence-electron chi connectivity index (χ4n) is 3.01. The molecule has 1 aromatic rings. The zero-order chi connectivity index (χ0) is 13.1. The van der Waals surface area contributed by atoms with Gasteiger partial charge < -0.3 is 10.1 Å². The van der Waals surface area contributed by atoms with Crippen LogP contribution in [-0.2, 0) is 11.2 Å². The first-order chi connectivity index (χ1) is 9.31. The van der Waals surface area contributed by atoms with Gasteiger partial charge in [-0.05, 0) is 36.8 Å². The van der Waals surface area contributed by atoms with Crippen LogP contribution in [0, 0.1) is 5.92 Å². The van der Waals surface area contributed by atoms with Crippen LogP contribution < -0.4 is 10.1 Å². The highest BCUT2D eigenvalue weighted by Crippen LogP contribution is 2.29. The van der Waals surface area contributed by atoms with Crippen LogP contribution >= 0.6 is 0 Å². The third-order valence-corrected chi connectivity index (χ3v) is 4.19. The number of carbonyl (C=O) groups is 1. The summed E-state index contributed by atoms with van der Waals surface area (Å²) in [5, 5.41) is 2.92. The van der Waals surface area contributed by atoms with Crippen LogP contribution in [0.4, 0.5) is 5.69 Å². The second-order valence-electron chi connectivity index (χ2n) is 5.68. The highest BCUT2D eigenvalue weighted by atomic mass is 16.5. The van der Waals surface area contributed by atoms with E-state index >= 15 is 0 Å². The van der Waals surface area contributed by atoms with Gasteiger partial charge in [0, 0.05) is 18.2 Å². The Hall–Kier alpha value is -1.51. The van der Waals surface area contributed by atoms with Crippen molar-refractivity contribution in [3.63, 3.8) is 0 Å². The highest BCUT2D eigenvalue weighted by Gasteiger charge is 2.17. The summed E-state index contributed by atoms with van der Waals surface area (Å²) >= 11 is 0. The summed E-state index contributed by atoms with van der Waals surface area (Å²) in [5.41, 5.74) is 2.14. The Balaban J connectivity index is 1.61. The van der Waals surface area contributed by atoms with E-state index in [0.717, 1.165) is 24.5 Å². The Morgan fingerprint density at radius 2 is 2.00 bits per heavy atom. The van der Waals surface area contributed by atoms with Crippen LogP contribution in [0.15, 0.2) is 18.2 Å². The third kappa shape index (κ3) is 3.09. The van der Waals surface area contributed by atoms with Gasteiger partial charge in [-0.25, -0.2) is 0 Å². The van der Waals surface area contributed by atoms with Crippen LogP contribution in [0.2, 0.25) is 0 Å². The van der Waals surface area contributed by atoms with E-state index in [-0.39, 0.29) is 5.91 Å². The lowest BCUT2D eigenvalue weighted by atomic mass is 9.90. The van der Waals surface area contributed by atoms with Crippen molar-refractivity contribution in [3.8, 4) is 5.75 Å². The maximum Gasteiger partial charge on any atom is 0.224 e. The minimum absolute atomic E-state index is 0.108. The molecule has 102 valence electrons. The monoisotopic (exact) mass is 259 g/mol. The van der Waals surface area contributed by atoms with Gasteiger partial charge in [-0.3, -0.25) is 4.79 Å². The van der Waals surface area contributed by atoms with Gasteiger partial charge in [0.1, 0.15) is 5.75 Å². The summed E-state index contributed by atoms with van der Waals surface area (Å²) in [6, 6.07) is 6.07. The molecule has 0 unspecified atom stereocenters. The maximum atomic E-state index is 11.4. The molecule has 1 fully saturated rings. The summed E-state index contributed by atoms with van der Waals surface area (Å²) in [6.45, 7) is 0.812. The van der Waals surface area contributed by atoms with E-state index in [1.165, 1.54) is 37.7 Å². The second kappa shape index (κ2) is 5.64. The molecule has 19 heavy (non-hydrogen) atoms. The molecule has 0 saturated heterocycles. The van der Waals surface area contributed by atoms with Crippen molar-refractivity contribution in [1.82, 2.24) is 0 Å². The van der Waals surface area contributed by atoms with Gasteiger partial charge in [0.05, 0.1) is 6.61 Å². The van der Waals surface area contributed by atoms with Crippen LogP contribution in [0.25, 0.3) is 0 Å². The minimum atomic E-state index is 0.108. The lowest BCUT2D eigenvalue weighted by Gasteiger charge is -2.22. The Bertz CT molecular complexity index is 464. The van der Waals surface area contributed by atoms with Crippen molar-refractivity contribution in [2.75, 3.05) is 11.9 Å². The zero-order valence-electron chi connectivity index (χ0n) is 11.3.